The topological polar surface area (TPSA) is 83.7 Å². The molecule has 6 nitrogen and oxygen atoms in total. The van der Waals surface area contributed by atoms with Crippen LogP contribution in [-0.4, -0.2) is 17.5 Å². The van der Waals surface area contributed by atoms with E-state index in [1.54, 1.807) is 12.1 Å². The summed E-state index contributed by atoms with van der Waals surface area (Å²) in [6.45, 7) is 1.88. The van der Waals surface area contributed by atoms with Crippen LogP contribution in [0.2, 0.25) is 0 Å². The smallest absolute Gasteiger partial charge is 0.291 e. The molecule has 2 amide bonds. The van der Waals surface area contributed by atoms with Gasteiger partial charge in [0.05, 0.1) is 12.0 Å². The molecule has 6 rings (SSSR count). The van der Waals surface area contributed by atoms with Gasteiger partial charge in [0.15, 0.2) is 5.76 Å². The van der Waals surface area contributed by atoms with Gasteiger partial charge in [0.25, 0.3) is 5.91 Å². The first-order valence-electron chi connectivity index (χ1n) is 11.3. The van der Waals surface area contributed by atoms with Gasteiger partial charge in [0, 0.05) is 12.1 Å². The van der Waals surface area contributed by atoms with E-state index in [4.69, 9.17) is 4.42 Å². The molecule has 4 aliphatic rings. The van der Waals surface area contributed by atoms with Crippen LogP contribution in [0.1, 0.15) is 68.0 Å². The van der Waals surface area contributed by atoms with Gasteiger partial charge >= 0.3 is 0 Å². The lowest BCUT2D eigenvalue weighted by atomic mass is 9.49. The van der Waals surface area contributed by atoms with Gasteiger partial charge in [-0.25, -0.2) is 5.43 Å². The molecule has 4 fully saturated rings. The van der Waals surface area contributed by atoms with Crippen LogP contribution in [0.15, 0.2) is 52.2 Å². The largest absolute Gasteiger partial charge is 0.459 e. The fourth-order valence-electron chi connectivity index (χ4n) is 6.49. The summed E-state index contributed by atoms with van der Waals surface area (Å²) in [7, 11) is 0. The van der Waals surface area contributed by atoms with Gasteiger partial charge < -0.3 is 9.73 Å². The van der Waals surface area contributed by atoms with Crippen LogP contribution >= 0.6 is 0 Å². The Hall–Kier alpha value is -2.89. The number of hydrazone groups is 1. The van der Waals surface area contributed by atoms with Crippen molar-refractivity contribution >= 4 is 23.2 Å². The highest BCUT2D eigenvalue weighted by atomic mass is 16.3. The highest BCUT2D eigenvalue weighted by molar-refractivity contribution is 6.03. The second-order valence-corrected chi connectivity index (χ2v) is 9.84. The van der Waals surface area contributed by atoms with Crippen molar-refractivity contribution in [1.82, 2.24) is 5.43 Å². The Balaban J connectivity index is 1.17. The lowest BCUT2D eigenvalue weighted by molar-refractivity contribution is -0.129. The Labute approximate surface area is 182 Å². The summed E-state index contributed by atoms with van der Waals surface area (Å²) in [5.41, 5.74) is 5.31. The minimum absolute atomic E-state index is 0.0311. The molecule has 2 N–H and O–H groups in total. The molecule has 31 heavy (non-hydrogen) atoms. The number of carbonyl (C=O) groups is 2. The molecule has 2 aromatic rings. The van der Waals surface area contributed by atoms with Gasteiger partial charge in [0.1, 0.15) is 0 Å². The number of nitrogens with one attached hydrogen (secondary N) is 2. The summed E-state index contributed by atoms with van der Waals surface area (Å²) in [6, 6.07) is 10.7. The maximum absolute atomic E-state index is 12.7. The summed E-state index contributed by atoms with van der Waals surface area (Å²) in [5, 5.41) is 7.13. The van der Waals surface area contributed by atoms with Crippen LogP contribution in [0.5, 0.6) is 0 Å². The highest BCUT2D eigenvalue weighted by Gasteiger charge is 2.51. The molecule has 162 valence electrons. The van der Waals surface area contributed by atoms with Gasteiger partial charge in [-0.1, -0.05) is 12.1 Å². The Morgan fingerprint density at radius 2 is 1.68 bits per heavy atom. The SMILES string of the molecule is C/C(=N\NC(=O)CC12CC3CC(CC(C3)C1)C2)c1ccc(NC(=O)c2ccco2)cc1. The standard InChI is InChI=1S/C25H29N3O3/c1-16(20-4-6-21(7-5-20)26-24(30)22-3-2-8-31-22)27-28-23(29)15-25-12-17-9-18(13-25)11-19(10-17)14-25/h2-8,17-19H,9-15H2,1H3,(H,26,30)(H,28,29)/b27-16+. The number of amides is 2. The van der Waals surface area contributed by atoms with E-state index in [1.807, 2.05) is 31.2 Å². The molecule has 6 heteroatoms. The van der Waals surface area contributed by atoms with E-state index >= 15 is 0 Å². The number of rotatable bonds is 6. The number of hydrogen-bond acceptors (Lipinski definition) is 4. The number of benzene rings is 1. The zero-order valence-corrected chi connectivity index (χ0v) is 17.9. The van der Waals surface area contributed by atoms with E-state index in [2.05, 4.69) is 15.8 Å². The van der Waals surface area contributed by atoms with Crippen molar-refractivity contribution in [3.8, 4) is 0 Å². The molecule has 0 saturated heterocycles. The third-order valence-corrected chi connectivity index (χ3v) is 7.35. The third-order valence-electron chi connectivity index (χ3n) is 7.35. The van der Waals surface area contributed by atoms with Crippen molar-refractivity contribution in [2.24, 2.45) is 28.3 Å². The molecule has 1 heterocycles. The van der Waals surface area contributed by atoms with Crippen molar-refractivity contribution in [1.29, 1.82) is 0 Å². The molecular formula is C25H29N3O3. The van der Waals surface area contributed by atoms with Crippen molar-refractivity contribution in [3.05, 3.63) is 54.0 Å². The first-order chi connectivity index (χ1) is 15.0. The Morgan fingerprint density at radius 3 is 2.26 bits per heavy atom. The minimum Gasteiger partial charge on any atom is -0.459 e. The fraction of sp³-hybridized carbons (Fsp3) is 0.480. The van der Waals surface area contributed by atoms with E-state index < -0.39 is 0 Å². The van der Waals surface area contributed by atoms with Gasteiger partial charge in [-0.05, 0) is 98.4 Å². The Morgan fingerprint density at radius 1 is 1.03 bits per heavy atom. The second kappa shape index (κ2) is 7.98. The van der Waals surface area contributed by atoms with Crippen LogP contribution in [0.4, 0.5) is 5.69 Å². The van der Waals surface area contributed by atoms with Crippen LogP contribution in [0.25, 0.3) is 0 Å². The molecule has 4 bridgehead atoms. The maximum Gasteiger partial charge on any atom is 0.291 e. The van der Waals surface area contributed by atoms with Crippen LogP contribution in [0.3, 0.4) is 0 Å². The molecule has 0 spiro atoms. The van der Waals surface area contributed by atoms with Gasteiger partial charge in [-0.2, -0.15) is 5.10 Å². The van der Waals surface area contributed by atoms with Crippen molar-refractivity contribution in [2.45, 2.75) is 51.9 Å². The third kappa shape index (κ3) is 4.29. The van der Waals surface area contributed by atoms with E-state index in [0.717, 1.165) is 29.0 Å². The molecule has 0 atom stereocenters. The number of hydrogen-bond donors (Lipinski definition) is 2. The molecule has 0 aliphatic heterocycles. The van der Waals surface area contributed by atoms with Crippen LogP contribution in [0, 0.1) is 23.2 Å². The number of anilines is 1. The van der Waals surface area contributed by atoms with Gasteiger partial charge in [-0.15, -0.1) is 0 Å². The van der Waals surface area contributed by atoms with Crippen molar-refractivity contribution in [3.63, 3.8) is 0 Å². The van der Waals surface area contributed by atoms with E-state index in [9.17, 15) is 9.59 Å². The van der Waals surface area contributed by atoms with E-state index in [0.29, 0.717) is 12.1 Å². The molecule has 0 unspecified atom stereocenters. The van der Waals surface area contributed by atoms with Crippen molar-refractivity contribution < 1.29 is 14.0 Å². The minimum atomic E-state index is -0.292. The Kier molecular flexibility index (Phi) is 5.16. The van der Waals surface area contributed by atoms with Gasteiger partial charge in [0.2, 0.25) is 5.91 Å². The molecule has 4 aliphatic carbocycles. The molecule has 1 aromatic heterocycles. The summed E-state index contributed by atoms with van der Waals surface area (Å²) < 4.78 is 5.10. The predicted molar refractivity (Wildman–Crippen MR) is 119 cm³/mol. The lowest BCUT2D eigenvalue weighted by Gasteiger charge is -2.56. The van der Waals surface area contributed by atoms with Crippen LogP contribution in [-0.2, 0) is 4.79 Å². The summed E-state index contributed by atoms with van der Waals surface area (Å²) in [6.07, 6.45) is 9.89. The number of furan rings is 1. The van der Waals surface area contributed by atoms with E-state index in [-0.39, 0.29) is 23.0 Å². The predicted octanol–water partition coefficient (Wildman–Crippen LogP) is 4.98. The summed E-state index contributed by atoms with van der Waals surface area (Å²) in [4.78, 5) is 24.7. The summed E-state index contributed by atoms with van der Waals surface area (Å²) in [5.74, 6) is 2.54. The molecule has 0 radical (unpaired) electrons. The summed E-state index contributed by atoms with van der Waals surface area (Å²) >= 11 is 0. The normalized spacial score (nSPS) is 29.1. The highest BCUT2D eigenvalue weighted by Crippen LogP contribution is 2.61. The first kappa shape index (κ1) is 20.0. The van der Waals surface area contributed by atoms with Gasteiger partial charge in [-0.3, -0.25) is 9.59 Å². The molecular weight excluding hydrogens is 390 g/mol. The average molecular weight is 420 g/mol. The first-order valence-corrected chi connectivity index (χ1v) is 11.3. The van der Waals surface area contributed by atoms with E-state index in [1.165, 1.54) is 44.8 Å². The zero-order chi connectivity index (χ0) is 21.4. The monoisotopic (exact) mass is 419 g/mol. The maximum atomic E-state index is 12.7. The Bertz CT molecular complexity index is 956. The fourth-order valence-corrected chi connectivity index (χ4v) is 6.49. The molecule has 4 saturated carbocycles. The molecule has 1 aromatic carbocycles. The zero-order valence-electron chi connectivity index (χ0n) is 17.9. The van der Waals surface area contributed by atoms with Crippen LogP contribution < -0.4 is 10.7 Å². The number of carbonyl (C=O) groups excluding carboxylic acids is 2. The number of nitrogens with zero attached hydrogens (tertiary/aromatic N) is 1. The second-order valence-electron chi connectivity index (χ2n) is 9.84. The average Bonchev–Trinajstić information content (AvgIpc) is 3.26. The lowest BCUT2D eigenvalue weighted by Crippen LogP contribution is -2.47. The quantitative estimate of drug-likeness (QED) is 0.512. The van der Waals surface area contributed by atoms with Crippen molar-refractivity contribution in [2.75, 3.05) is 5.32 Å².